The van der Waals surface area contributed by atoms with Gasteiger partial charge >= 0.3 is 0 Å². The first kappa shape index (κ1) is 26.3. The van der Waals surface area contributed by atoms with Gasteiger partial charge in [-0.15, -0.1) is 0 Å². The van der Waals surface area contributed by atoms with E-state index in [1.54, 1.807) is 0 Å². The first-order chi connectivity index (χ1) is 13.3. The molecular formula is C25H50N2. The average Bonchev–Trinajstić information content (AvgIpc) is 2.69. The summed E-state index contributed by atoms with van der Waals surface area (Å²) in [6.07, 6.45) is 29.7. The molecule has 0 aromatic rings. The second kappa shape index (κ2) is 23.3. The van der Waals surface area contributed by atoms with Gasteiger partial charge in [0.2, 0.25) is 0 Å². The van der Waals surface area contributed by atoms with Crippen molar-refractivity contribution < 1.29 is 0 Å². The Labute approximate surface area is 172 Å². The van der Waals surface area contributed by atoms with Gasteiger partial charge < -0.3 is 4.90 Å². The van der Waals surface area contributed by atoms with E-state index in [1.165, 1.54) is 128 Å². The van der Waals surface area contributed by atoms with Crippen molar-refractivity contribution in [3.63, 3.8) is 0 Å². The van der Waals surface area contributed by atoms with Crippen LogP contribution in [0, 0.1) is 11.5 Å². The van der Waals surface area contributed by atoms with Crippen LogP contribution < -0.4 is 0 Å². The summed E-state index contributed by atoms with van der Waals surface area (Å²) in [4.78, 5) is 2.00. The standard InChI is InChI=1S/C25H50N2/c1-3-5-7-9-11-13-15-17-19-21-23-27(25-26)24-22-20-18-16-14-12-10-8-6-4-2/h3-24H2,1-2H3. The molecule has 0 aliphatic rings. The van der Waals surface area contributed by atoms with Crippen molar-refractivity contribution in [2.75, 3.05) is 13.1 Å². The summed E-state index contributed by atoms with van der Waals surface area (Å²) < 4.78 is 0. The SMILES string of the molecule is CCCCCCCCCCCCN(C#N)CCCCCCCCCCCC. The summed E-state index contributed by atoms with van der Waals surface area (Å²) >= 11 is 0. The summed E-state index contributed by atoms with van der Waals surface area (Å²) in [5.41, 5.74) is 0. The molecule has 0 heterocycles. The van der Waals surface area contributed by atoms with Crippen molar-refractivity contribution in [1.29, 1.82) is 5.26 Å². The molecule has 2 nitrogen and oxygen atoms in total. The minimum Gasteiger partial charge on any atom is -0.311 e. The second-order valence-electron chi connectivity index (χ2n) is 8.45. The van der Waals surface area contributed by atoms with Gasteiger partial charge in [0, 0.05) is 13.1 Å². The van der Waals surface area contributed by atoms with Crippen molar-refractivity contribution in [2.45, 2.75) is 142 Å². The third-order valence-corrected chi connectivity index (χ3v) is 5.70. The lowest BCUT2D eigenvalue weighted by molar-refractivity contribution is 0.362. The molecule has 0 unspecified atom stereocenters. The van der Waals surface area contributed by atoms with Crippen LogP contribution in [0.2, 0.25) is 0 Å². The Bertz CT molecular complexity index is 284. The molecule has 0 fully saturated rings. The van der Waals surface area contributed by atoms with Gasteiger partial charge in [0.05, 0.1) is 0 Å². The number of unbranched alkanes of at least 4 members (excludes halogenated alkanes) is 18. The van der Waals surface area contributed by atoms with Crippen molar-refractivity contribution in [3.05, 3.63) is 0 Å². The largest absolute Gasteiger partial charge is 0.311 e. The smallest absolute Gasteiger partial charge is 0.179 e. The first-order valence-electron chi connectivity index (χ1n) is 12.5. The Balaban J connectivity index is 3.29. The zero-order valence-electron chi connectivity index (χ0n) is 19.0. The number of nitriles is 1. The van der Waals surface area contributed by atoms with Gasteiger partial charge in [-0.1, -0.05) is 129 Å². The van der Waals surface area contributed by atoms with Crippen LogP contribution >= 0.6 is 0 Å². The van der Waals surface area contributed by atoms with Crippen LogP contribution in [0.1, 0.15) is 142 Å². The van der Waals surface area contributed by atoms with E-state index in [9.17, 15) is 5.26 Å². The zero-order chi connectivity index (χ0) is 19.8. The summed E-state index contributed by atoms with van der Waals surface area (Å²) in [7, 11) is 0. The number of hydrogen-bond donors (Lipinski definition) is 0. The number of hydrogen-bond acceptors (Lipinski definition) is 2. The predicted molar refractivity (Wildman–Crippen MR) is 121 cm³/mol. The van der Waals surface area contributed by atoms with Crippen molar-refractivity contribution >= 4 is 0 Å². The molecule has 0 rings (SSSR count). The molecule has 0 aromatic heterocycles. The molecular weight excluding hydrogens is 328 g/mol. The summed E-state index contributed by atoms with van der Waals surface area (Å²) in [5.74, 6) is 0. The molecule has 0 atom stereocenters. The van der Waals surface area contributed by atoms with Crippen LogP contribution in [0.15, 0.2) is 0 Å². The van der Waals surface area contributed by atoms with Gasteiger partial charge in [-0.05, 0) is 12.8 Å². The highest BCUT2D eigenvalue weighted by Gasteiger charge is 2.01. The maximum atomic E-state index is 9.29. The Hall–Kier alpha value is -0.710. The highest BCUT2D eigenvalue weighted by Crippen LogP contribution is 2.12. The summed E-state index contributed by atoms with van der Waals surface area (Å²) in [5, 5.41) is 9.29. The van der Waals surface area contributed by atoms with E-state index in [1.807, 2.05) is 4.90 Å². The van der Waals surface area contributed by atoms with Crippen LogP contribution in [0.4, 0.5) is 0 Å². The van der Waals surface area contributed by atoms with Crippen molar-refractivity contribution in [3.8, 4) is 6.19 Å². The Morgan fingerprint density at radius 1 is 0.444 bits per heavy atom. The first-order valence-corrected chi connectivity index (χ1v) is 12.5. The fraction of sp³-hybridized carbons (Fsp3) is 0.960. The lowest BCUT2D eigenvalue weighted by atomic mass is 10.1. The van der Waals surface area contributed by atoms with Crippen LogP contribution in [-0.4, -0.2) is 18.0 Å². The van der Waals surface area contributed by atoms with Crippen LogP contribution in [0.3, 0.4) is 0 Å². The van der Waals surface area contributed by atoms with Gasteiger partial charge in [0.1, 0.15) is 0 Å². The molecule has 0 amide bonds. The second-order valence-corrected chi connectivity index (χ2v) is 8.45. The Kier molecular flexibility index (Phi) is 22.7. The van der Waals surface area contributed by atoms with Gasteiger partial charge in [0.15, 0.2) is 6.19 Å². The van der Waals surface area contributed by atoms with E-state index in [4.69, 9.17) is 0 Å². The van der Waals surface area contributed by atoms with E-state index in [0.29, 0.717) is 0 Å². The van der Waals surface area contributed by atoms with Gasteiger partial charge in [-0.3, -0.25) is 0 Å². The summed E-state index contributed by atoms with van der Waals surface area (Å²) in [6.45, 7) is 6.51. The zero-order valence-corrected chi connectivity index (χ0v) is 19.0. The molecule has 0 aromatic carbocycles. The number of nitrogens with zero attached hydrogens (tertiary/aromatic N) is 2. The molecule has 0 aliphatic heterocycles. The maximum Gasteiger partial charge on any atom is 0.179 e. The van der Waals surface area contributed by atoms with Gasteiger partial charge in [-0.25, -0.2) is 0 Å². The van der Waals surface area contributed by atoms with Crippen LogP contribution in [0.25, 0.3) is 0 Å². The minimum atomic E-state index is 0.977. The van der Waals surface area contributed by atoms with Crippen LogP contribution in [0.5, 0.6) is 0 Å². The lowest BCUT2D eigenvalue weighted by Gasteiger charge is -2.15. The normalized spacial score (nSPS) is 10.9. The monoisotopic (exact) mass is 378 g/mol. The topological polar surface area (TPSA) is 27.0 Å². The van der Waals surface area contributed by atoms with E-state index in [-0.39, 0.29) is 0 Å². The molecule has 0 spiro atoms. The molecule has 27 heavy (non-hydrogen) atoms. The van der Waals surface area contributed by atoms with E-state index in [0.717, 1.165) is 13.1 Å². The Morgan fingerprint density at radius 2 is 0.704 bits per heavy atom. The van der Waals surface area contributed by atoms with Gasteiger partial charge in [0.25, 0.3) is 0 Å². The molecule has 160 valence electrons. The molecule has 0 saturated heterocycles. The molecule has 0 aliphatic carbocycles. The third kappa shape index (κ3) is 21.4. The fourth-order valence-corrected chi connectivity index (χ4v) is 3.79. The van der Waals surface area contributed by atoms with E-state index >= 15 is 0 Å². The fourth-order valence-electron chi connectivity index (χ4n) is 3.79. The Morgan fingerprint density at radius 3 is 0.963 bits per heavy atom. The predicted octanol–water partition coefficient (Wildman–Crippen LogP) is 8.61. The van der Waals surface area contributed by atoms with Crippen molar-refractivity contribution in [2.24, 2.45) is 0 Å². The molecule has 0 saturated carbocycles. The summed E-state index contributed by atoms with van der Waals surface area (Å²) in [6, 6.07) is 0. The lowest BCUT2D eigenvalue weighted by Crippen LogP contribution is -2.20. The maximum absolute atomic E-state index is 9.29. The highest BCUT2D eigenvalue weighted by molar-refractivity contribution is 4.73. The average molecular weight is 379 g/mol. The third-order valence-electron chi connectivity index (χ3n) is 5.70. The van der Waals surface area contributed by atoms with E-state index in [2.05, 4.69) is 20.0 Å². The molecule has 0 bridgehead atoms. The number of rotatable bonds is 22. The van der Waals surface area contributed by atoms with Crippen molar-refractivity contribution in [1.82, 2.24) is 4.90 Å². The van der Waals surface area contributed by atoms with Crippen LogP contribution in [-0.2, 0) is 0 Å². The van der Waals surface area contributed by atoms with Gasteiger partial charge in [-0.2, -0.15) is 5.26 Å². The highest BCUT2D eigenvalue weighted by atomic mass is 15.1. The molecule has 2 heteroatoms. The van der Waals surface area contributed by atoms with E-state index < -0.39 is 0 Å². The molecule has 0 radical (unpaired) electrons. The quantitative estimate of drug-likeness (QED) is 0.107. The molecule has 0 N–H and O–H groups in total. The minimum absolute atomic E-state index is 0.977.